The highest BCUT2D eigenvalue weighted by atomic mass is 35.5. The van der Waals surface area contributed by atoms with E-state index in [0.29, 0.717) is 28.8 Å². The highest BCUT2D eigenvalue weighted by molar-refractivity contribution is 6.42. The minimum absolute atomic E-state index is 0.418. The van der Waals surface area contributed by atoms with E-state index in [1.165, 1.54) is 0 Å². The summed E-state index contributed by atoms with van der Waals surface area (Å²) in [6, 6.07) is 8.63. The fourth-order valence-electron chi connectivity index (χ4n) is 2.76. The second kappa shape index (κ2) is 6.32. The fourth-order valence-corrected chi connectivity index (χ4v) is 3.06. The normalized spacial score (nSPS) is 18.7. The van der Waals surface area contributed by atoms with Gasteiger partial charge in [0.2, 0.25) is 0 Å². The third-order valence-electron chi connectivity index (χ3n) is 3.87. The van der Waals surface area contributed by atoms with Crippen molar-refractivity contribution in [2.45, 2.75) is 25.4 Å². The molecule has 116 valence electrons. The molecule has 1 aliphatic rings. The number of hydrogen-bond donors (Lipinski definition) is 1. The summed E-state index contributed by atoms with van der Waals surface area (Å²) in [6.07, 6.45) is 1.59. The molecule has 1 aromatic heterocycles. The van der Waals surface area contributed by atoms with E-state index in [-0.39, 0.29) is 0 Å². The molecular formula is C16H15Cl2NO3. The van der Waals surface area contributed by atoms with Crippen LogP contribution in [0, 0.1) is 0 Å². The number of carbonyl (C=O) groups is 1. The van der Waals surface area contributed by atoms with E-state index in [4.69, 9.17) is 27.6 Å². The van der Waals surface area contributed by atoms with Crippen molar-refractivity contribution in [2.24, 2.45) is 0 Å². The molecule has 3 rings (SSSR count). The van der Waals surface area contributed by atoms with Crippen LogP contribution in [0.5, 0.6) is 0 Å². The van der Waals surface area contributed by atoms with Crippen LogP contribution in [0.4, 0.5) is 0 Å². The summed E-state index contributed by atoms with van der Waals surface area (Å²) in [5, 5.41) is 10.2. The van der Waals surface area contributed by atoms with E-state index in [2.05, 4.69) is 0 Å². The molecule has 1 aliphatic heterocycles. The van der Waals surface area contributed by atoms with Gasteiger partial charge in [-0.3, -0.25) is 9.69 Å². The van der Waals surface area contributed by atoms with Crippen molar-refractivity contribution in [3.05, 3.63) is 46.1 Å². The number of benzene rings is 1. The second-order valence-corrected chi connectivity index (χ2v) is 6.18. The fraction of sp³-hybridized carbons (Fsp3) is 0.312. The minimum atomic E-state index is -0.770. The molecule has 1 atom stereocenters. The number of carboxylic acids is 1. The summed E-state index contributed by atoms with van der Waals surface area (Å²) in [5.74, 6) is 0.669. The van der Waals surface area contributed by atoms with E-state index < -0.39 is 12.0 Å². The Balaban J connectivity index is 1.76. The van der Waals surface area contributed by atoms with Gasteiger partial charge in [-0.15, -0.1) is 0 Å². The zero-order valence-electron chi connectivity index (χ0n) is 11.8. The maximum atomic E-state index is 11.2. The third-order valence-corrected chi connectivity index (χ3v) is 4.61. The molecule has 1 fully saturated rings. The van der Waals surface area contributed by atoms with E-state index >= 15 is 0 Å². The number of likely N-dealkylation sites (tertiary alicyclic amines) is 1. The van der Waals surface area contributed by atoms with Crippen molar-refractivity contribution < 1.29 is 14.3 Å². The second-order valence-electron chi connectivity index (χ2n) is 5.36. The van der Waals surface area contributed by atoms with Crippen molar-refractivity contribution in [2.75, 3.05) is 6.54 Å². The molecular weight excluding hydrogens is 325 g/mol. The van der Waals surface area contributed by atoms with Crippen molar-refractivity contribution in [1.82, 2.24) is 4.90 Å². The first kappa shape index (κ1) is 15.4. The molecule has 22 heavy (non-hydrogen) atoms. The number of carboxylic acid groups (broad SMARTS) is 1. The van der Waals surface area contributed by atoms with E-state index in [1.807, 2.05) is 23.1 Å². The lowest BCUT2D eigenvalue weighted by atomic mass is 10.2. The summed E-state index contributed by atoms with van der Waals surface area (Å²) >= 11 is 11.9. The molecule has 0 saturated carbocycles. The molecule has 0 amide bonds. The van der Waals surface area contributed by atoms with Crippen LogP contribution in [-0.2, 0) is 11.3 Å². The lowest BCUT2D eigenvalue weighted by Crippen LogP contribution is -2.35. The van der Waals surface area contributed by atoms with Crippen LogP contribution >= 0.6 is 23.2 Å². The van der Waals surface area contributed by atoms with E-state index in [0.717, 1.165) is 24.3 Å². The third kappa shape index (κ3) is 3.14. The van der Waals surface area contributed by atoms with Crippen LogP contribution in [-0.4, -0.2) is 28.6 Å². The van der Waals surface area contributed by atoms with Gasteiger partial charge in [-0.1, -0.05) is 23.2 Å². The number of furan rings is 1. The highest BCUT2D eigenvalue weighted by Crippen LogP contribution is 2.30. The summed E-state index contributed by atoms with van der Waals surface area (Å²) in [6.45, 7) is 1.28. The van der Waals surface area contributed by atoms with Crippen LogP contribution in [0.15, 0.2) is 34.7 Å². The van der Waals surface area contributed by atoms with Crippen molar-refractivity contribution in [3.8, 4) is 11.3 Å². The predicted octanol–water partition coefficient (Wildman–Crippen LogP) is 4.30. The molecule has 6 heteroatoms. The molecule has 0 bridgehead atoms. The molecule has 2 heterocycles. The maximum Gasteiger partial charge on any atom is 0.320 e. The number of hydrogen-bond acceptors (Lipinski definition) is 3. The SMILES string of the molecule is O=C(O)C1CCCN1Cc1ccc(-c2ccc(Cl)c(Cl)c2)o1. The molecule has 0 radical (unpaired) electrons. The number of nitrogens with zero attached hydrogens (tertiary/aromatic N) is 1. The molecule has 0 spiro atoms. The molecule has 1 N–H and O–H groups in total. The zero-order valence-corrected chi connectivity index (χ0v) is 13.3. The van der Waals surface area contributed by atoms with Gasteiger partial charge in [-0.25, -0.2) is 0 Å². The largest absolute Gasteiger partial charge is 0.480 e. The monoisotopic (exact) mass is 339 g/mol. The standard InChI is InChI=1S/C16H15Cl2NO3/c17-12-5-3-10(8-13(12)18)15-6-4-11(22-15)9-19-7-1-2-14(19)16(20)21/h3-6,8,14H,1-2,7,9H2,(H,20,21). The van der Waals surface area contributed by atoms with Gasteiger partial charge in [-0.05, 0) is 49.7 Å². The quantitative estimate of drug-likeness (QED) is 0.901. The van der Waals surface area contributed by atoms with Crippen molar-refractivity contribution in [1.29, 1.82) is 0 Å². The summed E-state index contributed by atoms with van der Waals surface area (Å²) in [7, 11) is 0. The molecule has 1 unspecified atom stereocenters. The Morgan fingerprint density at radius 2 is 2.09 bits per heavy atom. The molecule has 2 aromatic rings. The average molecular weight is 340 g/mol. The Morgan fingerprint density at radius 3 is 2.82 bits per heavy atom. The number of rotatable bonds is 4. The van der Waals surface area contributed by atoms with Crippen LogP contribution in [0.1, 0.15) is 18.6 Å². The minimum Gasteiger partial charge on any atom is -0.480 e. The number of aliphatic carboxylic acids is 1. The Morgan fingerprint density at radius 1 is 1.27 bits per heavy atom. The van der Waals surface area contributed by atoms with Crippen LogP contribution < -0.4 is 0 Å². The Labute approximate surface area is 138 Å². The van der Waals surface area contributed by atoms with Gasteiger partial charge in [0, 0.05) is 5.56 Å². The molecule has 4 nitrogen and oxygen atoms in total. The van der Waals surface area contributed by atoms with E-state index in [1.54, 1.807) is 12.1 Å². The van der Waals surface area contributed by atoms with Crippen molar-refractivity contribution in [3.63, 3.8) is 0 Å². The molecule has 1 saturated heterocycles. The van der Waals surface area contributed by atoms with Gasteiger partial charge in [0.05, 0.1) is 16.6 Å². The van der Waals surface area contributed by atoms with Gasteiger partial charge in [0.1, 0.15) is 17.6 Å². The lowest BCUT2D eigenvalue weighted by Gasteiger charge is -2.19. The van der Waals surface area contributed by atoms with Gasteiger partial charge in [-0.2, -0.15) is 0 Å². The molecule has 1 aromatic carbocycles. The van der Waals surface area contributed by atoms with Gasteiger partial charge < -0.3 is 9.52 Å². The maximum absolute atomic E-state index is 11.2. The smallest absolute Gasteiger partial charge is 0.320 e. The first-order chi connectivity index (χ1) is 10.5. The lowest BCUT2D eigenvalue weighted by molar-refractivity contribution is -0.142. The molecule has 0 aliphatic carbocycles. The van der Waals surface area contributed by atoms with Gasteiger partial charge in [0.15, 0.2) is 0 Å². The Kier molecular flexibility index (Phi) is 4.43. The first-order valence-electron chi connectivity index (χ1n) is 7.05. The van der Waals surface area contributed by atoms with Crippen LogP contribution in [0.25, 0.3) is 11.3 Å². The van der Waals surface area contributed by atoms with Gasteiger partial charge >= 0.3 is 5.97 Å². The Bertz CT molecular complexity index is 698. The zero-order chi connectivity index (χ0) is 15.7. The predicted molar refractivity (Wildman–Crippen MR) is 85.2 cm³/mol. The van der Waals surface area contributed by atoms with Crippen LogP contribution in [0.2, 0.25) is 10.0 Å². The number of halogens is 2. The van der Waals surface area contributed by atoms with E-state index in [9.17, 15) is 9.90 Å². The summed E-state index contributed by atoms with van der Waals surface area (Å²) in [5.41, 5.74) is 0.844. The summed E-state index contributed by atoms with van der Waals surface area (Å²) < 4.78 is 5.82. The summed E-state index contributed by atoms with van der Waals surface area (Å²) in [4.78, 5) is 13.1. The van der Waals surface area contributed by atoms with Crippen LogP contribution in [0.3, 0.4) is 0 Å². The topological polar surface area (TPSA) is 53.7 Å². The average Bonchev–Trinajstić information content (AvgIpc) is 3.11. The Hall–Kier alpha value is -1.49. The first-order valence-corrected chi connectivity index (χ1v) is 7.81. The van der Waals surface area contributed by atoms with Gasteiger partial charge in [0.25, 0.3) is 0 Å². The van der Waals surface area contributed by atoms with Crippen molar-refractivity contribution >= 4 is 29.2 Å². The highest BCUT2D eigenvalue weighted by Gasteiger charge is 2.30.